The number of nitrogens with zero attached hydrogens (tertiary/aromatic N) is 2. The van der Waals surface area contributed by atoms with E-state index in [0.717, 1.165) is 45.8 Å². The van der Waals surface area contributed by atoms with E-state index >= 15 is 0 Å². The van der Waals surface area contributed by atoms with Gasteiger partial charge in [0.15, 0.2) is 0 Å². The highest BCUT2D eigenvalue weighted by Gasteiger charge is 2.16. The first kappa shape index (κ1) is 15.4. The molecule has 0 aromatic carbocycles. The van der Waals surface area contributed by atoms with Gasteiger partial charge in [-0.3, -0.25) is 9.69 Å². The topological polar surface area (TPSA) is 47.6 Å². The van der Waals surface area contributed by atoms with Gasteiger partial charge >= 0.3 is 0 Å². The van der Waals surface area contributed by atoms with Crippen molar-refractivity contribution >= 4 is 5.91 Å². The van der Waals surface area contributed by atoms with E-state index in [4.69, 9.17) is 0 Å². The smallest absolute Gasteiger partial charge is 0.221 e. The summed E-state index contributed by atoms with van der Waals surface area (Å²) < 4.78 is 0. The quantitative estimate of drug-likeness (QED) is 0.688. The molecule has 1 saturated heterocycles. The fourth-order valence-electron chi connectivity index (χ4n) is 2.13. The Bertz CT molecular complexity index is 247. The van der Waals surface area contributed by atoms with E-state index < -0.39 is 0 Å². The standard InChI is InChI=1S/C13H28N4O.2H2/c1-12(2)15-5-7-17-10-8-16(9-11-17)6-4-13(18)14-3;;/h12,15H,4-11H2,1-3H3,(H,14,18);2*1H. The van der Waals surface area contributed by atoms with Crippen molar-refractivity contribution < 1.29 is 7.65 Å². The maximum absolute atomic E-state index is 11.2. The van der Waals surface area contributed by atoms with E-state index in [1.807, 2.05) is 0 Å². The van der Waals surface area contributed by atoms with Crippen molar-refractivity contribution in [3.63, 3.8) is 0 Å². The van der Waals surface area contributed by atoms with Crippen molar-refractivity contribution in [1.29, 1.82) is 0 Å². The molecule has 0 aromatic heterocycles. The third-order valence-corrected chi connectivity index (χ3v) is 3.38. The highest BCUT2D eigenvalue weighted by Crippen LogP contribution is 2.01. The minimum atomic E-state index is 0. The van der Waals surface area contributed by atoms with Gasteiger partial charge in [-0.2, -0.15) is 0 Å². The van der Waals surface area contributed by atoms with E-state index in [0.29, 0.717) is 12.5 Å². The lowest BCUT2D eigenvalue weighted by atomic mass is 10.2. The van der Waals surface area contributed by atoms with Gasteiger partial charge in [0, 0.05) is 68.2 Å². The predicted molar refractivity (Wildman–Crippen MR) is 78.9 cm³/mol. The number of nitrogens with one attached hydrogen (secondary N) is 2. The fraction of sp³-hybridized carbons (Fsp3) is 0.923. The van der Waals surface area contributed by atoms with E-state index in [2.05, 4.69) is 34.3 Å². The van der Waals surface area contributed by atoms with E-state index in [1.165, 1.54) is 0 Å². The zero-order valence-electron chi connectivity index (χ0n) is 12.0. The number of hydrogen-bond donors (Lipinski definition) is 2. The second kappa shape index (κ2) is 8.45. The summed E-state index contributed by atoms with van der Waals surface area (Å²) in [5.41, 5.74) is 0. The van der Waals surface area contributed by atoms with Gasteiger partial charge in [0.2, 0.25) is 5.91 Å². The number of hydrogen-bond acceptors (Lipinski definition) is 4. The first-order valence-corrected chi connectivity index (χ1v) is 7.00. The molecule has 18 heavy (non-hydrogen) atoms. The molecule has 1 amide bonds. The Hall–Kier alpha value is -0.650. The minimum absolute atomic E-state index is 0. The van der Waals surface area contributed by atoms with Crippen LogP contribution in [0, 0.1) is 0 Å². The molecule has 1 rings (SSSR count). The molecule has 1 aliphatic heterocycles. The predicted octanol–water partition coefficient (Wildman–Crippen LogP) is 0.230. The first-order valence-electron chi connectivity index (χ1n) is 7.00. The Morgan fingerprint density at radius 1 is 1.17 bits per heavy atom. The van der Waals surface area contributed by atoms with Crippen molar-refractivity contribution in [2.45, 2.75) is 26.3 Å². The molecule has 0 aliphatic carbocycles. The highest BCUT2D eigenvalue weighted by atomic mass is 16.1. The molecule has 110 valence electrons. The van der Waals surface area contributed by atoms with Crippen molar-refractivity contribution in [2.24, 2.45) is 0 Å². The lowest BCUT2D eigenvalue weighted by Gasteiger charge is -2.34. The number of piperazine rings is 1. The fourth-order valence-corrected chi connectivity index (χ4v) is 2.13. The molecule has 0 radical (unpaired) electrons. The molecular formula is C13H32N4O. The molecule has 1 aliphatic rings. The van der Waals surface area contributed by atoms with E-state index in [9.17, 15) is 4.79 Å². The van der Waals surface area contributed by atoms with Gasteiger partial charge < -0.3 is 15.5 Å². The van der Waals surface area contributed by atoms with Crippen LogP contribution in [0.2, 0.25) is 0 Å². The molecule has 0 bridgehead atoms. The first-order chi connectivity index (χ1) is 8.61. The van der Waals surface area contributed by atoms with E-state index in [-0.39, 0.29) is 8.76 Å². The van der Waals surface area contributed by atoms with Gasteiger partial charge in [0.1, 0.15) is 0 Å². The summed E-state index contributed by atoms with van der Waals surface area (Å²) in [7, 11) is 1.70. The summed E-state index contributed by atoms with van der Waals surface area (Å²) in [6.07, 6.45) is 0.616. The monoisotopic (exact) mass is 260 g/mol. The van der Waals surface area contributed by atoms with E-state index in [1.54, 1.807) is 7.05 Å². The van der Waals surface area contributed by atoms with Crippen LogP contribution in [0.1, 0.15) is 23.1 Å². The van der Waals surface area contributed by atoms with Gasteiger partial charge in [-0.05, 0) is 0 Å². The van der Waals surface area contributed by atoms with Gasteiger partial charge in [0.05, 0.1) is 0 Å². The average Bonchev–Trinajstić information content (AvgIpc) is 2.37. The van der Waals surface area contributed by atoms with Crippen LogP contribution >= 0.6 is 0 Å². The molecule has 2 N–H and O–H groups in total. The second-order valence-electron chi connectivity index (χ2n) is 5.22. The molecule has 5 heteroatoms. The third kappa shape index (κ3) is 6.33. The third-order valence-electron chi connectivity index (χ3n) is 3.38. The molecule has 5 nitrogen and oxygen atoms in total. The maximum Gasteiger partial charge on any atom is 0.221 e. The molecule has 1 heterocycles. The average molecular weight is 260 g/mol. The highest BCUT2D eigenvalue weighted by molar-refractivity contribution is 5.75. The van der Waals surface area contributed by atoms with Crippen LogP contribution in [0.3, 0.4) is 0 Å². The lowest BCUT2D eigenvalue weighted by Crippen LogP contribution is -2.49. The second-order valence-corrected chi connectivity index (χ2v) is 5.22. The van der Waals surface area contributed by atoms with Crippen LogP contribution in [-0.4, -0.2) is 74.6 Å². The zero-order valence-corrected chi connectivity index (χ0v) is 12.0. The summed E-state index contributed by atoms with van der Waals surface area (Å²) in [6.45, 7) is 11.8. The summed E-state index contributed by atoms with van der Waals surface area (Å²) in [5, 5.41) is 6.11. The zero-order chi connectivity index (χ0) is 13.4. The molecule has 0 aromatic rings. The minimum Gasteiger partial charge on any atom is -0.359 e. The largest absolute Gasteiger partial charge is 0.359 e. The maximum atomic E-state index is 11.2. The summed E-state index contributed by atoms with van der Waals surface area (Å²) >= 11 is 0. The molecular weight excluding hydrogens is 228 g/mol. The van der Waals surface area contributed by atoms with Crippen molar-refractivity contribution in [2.75, 3.05) is 52.9 Å². The van der Waals surface area contributed by atoms with Gasteiger partial charge in [-0.15, -0.1) is 0 Å². The number of rotatable bonds is 7. The van der Waals surface area contributed by atoms with Gasteiger partial charge in [-0.1, -0.05) is 13.8 Å². The Balaban J connectivity index is 0. The lowest BCUT2D eigenvalue weighted by molar-refractivity contribution is -0.121. The molecule has 0 spiro atoms. The van der Waals surface area contributed by atoms with Crippen molar-refractivity contribution in [1.82, 2.24) is 20.4 Å². The Labute approximate surface area is 114 Å². The van der Waals surface area contributed by atoms with Crippen LogP contribution in [0.4, 0.5) is 0 Å². The summed E-state index contributed by atoms with van der Waals surface area (Å²) in [6, 6.07) is 0.568. The molecule has 1 fully saturated rings. The van der Waals surface area contributed by atoms with Crippen LogP contribution in [0.5, 0.6) is 0 Å². The molecule has 0 saturated carbocycles. The van der Waals surface area contributed by atoms with Crippen molar-refractivity contribution in [3.8, 4) is 0 Å². The number of carbonyl (C=O) groups excluding carboxylic acids is 1. The van der Waals surface area contributed by atoms with Crippen molar-refractivity contribution in [3.05, 3.63) is 0 Å². The number of carbonyl (C=O) groups is 1. The summed E-state index contributed by atoms with van der Waals surface area (Å²) in [5.74, 6) is 0.138. The molecule has 0 atom stereocenters. The van der Waals surface area contributed by atoms with Crippen LogP contribution in [0.25, 0.3) is 0 Å². The summed E-state index contributed by atoms with van der Waals surface area (Å²) in [4.78, 5) is 16.0. The molecule has 0 unspecified atom stereocenters. The Morgan fingerprint density at radius 2 is 1.72 bits per heavy atom. The van der Waals surface area contributed by atoms with Crippen LogP contribution in [-0.2, 0) is 4.79 Å². The van der Waals surface area contributed by atoms with Crippen LogP contribution < -0.4 is 10.6 Å². The van der Waals surface area contributed by atoms with Crippen LogP contribution in [0.15, 0.2) is 0 Å². The SMILES string of the molecule is CNC(=O)CCN1CCN(CCNC(C)C)CC1.[HH].[HH]. The number of amides is 1. The van der Waals surface area contributed by atoms with Gasteiger partial charge in [0.25, 0.3) is 0 Å². The normalized spacial score (nSPS) is 18.2. The van der Waals surface area contributed by atoms with Gasteiger partial charge in [-0.25, -0.2) is 0 Å². The Morgan fingerprint density at radius 3 is 2.22 bits per heavy atom. The Kier molecular flexibility index (Phi) is 7.23.